The Kier molecular flexibility index (Phi) is 5.39. The number of carboxylic acids is 1. The lowest BCUT2D eigenvalue weighted by Crippen LogP contribution is -2.55. The smallest absolute Gasteiger partial charge is 0.341 e. The van der Waals surface area contributed by atoms with Crippen LogP contribution < -0.4 is 15.6 Å². The van der Waals surface area contributed by atoms with Crippen molar-refractivity contribution in [2.45, 2.75) is 6.42 Å². The molecule has 7 rings (SSSR count). The zero-order chi connectivity index (χ0) is 28.8. The number of aromatic carboxylic acids is 1. The summed E-state index contributed by atoms with van der Waals surface area (Å²) in [5.74, 6) is -3.28. The number of rotatable bonds is 4. The lowest BCUT2D eigenvalue weighted by molar-refractivity contribution is 0.0424. The second-order valence-corrected chi connectivity index (χ2v) is 11.3. The fourth-order valence-corrected chi connectivity index (χ4v) is 6.83. The third-order valence-electron chi connectivity index (χ3n) is 8.55. The number of halogens is 2. The molecule has 41 heavy (non-hydrogen) atoms. The standard InChI is InChI=1S/C29H27F2N7O3/c1-32-19-7-18(30)22(31)20-21-24(38-5-4-29(13-38)11-36(2)12-29)16(9-33-26(21)35-23(19)20)14-6-15-25(39)17(28(40)41)10-37(3)27(15)34-8-14/h6-10,32H,4-5,11-13H2,1-3H3,(H,33,35)(H,40,41). The fourth-order valence-electron chi connectivity index (χ4n) is 6.83. The van der Waals surface area contributed by atoms with Crippen LogP contribution in [-0.4, -0.2) is 75.8 Å². The van der Waals surface area contributed by atoms with Gasteiger partial charge in [0.2, 0.25) is 5.43 Å². The molecule has 5 aromatic rings. The molecule has 10 nitrogen and oxygen atoms in total. The summed E-state index contributed by atoms with van der Waals surface area (Å²) in [5, 5.41) is 13.2. The van der Waals surface area contributed by atoms with Crippen molar-refractivity contribution in [3.8, 4) is 11.1 Å². The molecule has 2 saturated heterocycles. The molecule has 0 amide bonds. The van der Waals surface area contributed by atoms with Gasteiger partial charge in [-0.15, -0.1) is 0 Å². The maximum absolute atomic E-state index is 15.6. The number of hydrogen-bond acceptors (Lipinski definition) is 7. The number of anilines is 2. The van der Waals surface area contributed by atoms with Crippen molar-refractivity contribution in [1.29, 1.82) is 0 Å². The molecular weight excluding hydrogens is 532 g/mol. The van der Waals surface area contributed by atoms with E-state index in [1.54, 1.807) is 32.6 Å². The van der Waals surface area contributed by atoms with Gasteiger partial charge in [0.05, 0.1) is 33.1 Å². The van der Waals surface area contributed by atoms with Gasteiger partial charge in [-0.2, -0.15) is 0 Å². The van der Waals surface area contributed by atoms with E-state index >= 15 is 4.39 Å². The quantitative estimate of drug-likeness (QED) is 0.304. The molecule has 12 heteroatoms. The summed E-state index contributed by atoms with van der Waals surface area (Å²) in [7, 11) is 5.34. The summed E-state index contributed by atoms with van der Waals surface area (Å²) >= 11 is 0. The Labute approximate surface area is 232 Å². The van der Waals surface area contributed by atoms with Gasteiger partial charge in [-0.25, -0.2) is 23.5 Å². The summed E-state index contributed by atoms with van der Waals surface area (Å²) in [4.78, 5) is 41.6. The molecule has 0 saturated carbocycles. The Morgan fingerprint density at radius 1 is 1.12 bits per heavy atom. The highest BCUT2D eigenvalue weighted by Crippen LogP contribution is 2.47. The minimum Gasteiger partial charge on any atom is -0.477 e. The number of hydrogen-bond donors (Lipinski definition) is 3. The second kappa shape index (κ2) is 8.71. The number of H-pyrrole nitrogens is 1. The average Bonchev–Trinajstić information content (AvgIpc) is 3.54. The topological polar surface area (TPSA) is 119 Å². The van der Waals surface area contributed by atoms with E-state index in [2.05, 4.69) is 37.1 Å². The molecule has 4 aromatic heterocycles. The number of nitrogens with one attached hydrogen (secondary N) is 2. The van der Waals surface area contributed by atoms with Gasteiger partial charge in [0.15, 0.2) is 11.6 Å². The summed E-state index contributed by atoms with van der Waals surface area (Å²) < 4.78 is 32.0. The number of carbonyl (C=O) groups is 1. The summed E-state index contributed by atoms with van der Waals surface area (Å²) in [5.41, 5.74) is 2.42. The first-order valence-corrected chi connectivity index (χ1v) is 13.3. The molecule has 2 fully saturated rings. The van der Waals surface area contributed by atoms with Gasteiger partial charge in [-0.1, -0.05) is 0 Å². The van der Waals surface area contributed by atoms with Crippen LogP contribution >= 0.6 is 0 Å². The molecular formula is C29H27F2N7O3. The monoisotopic (exact) mass is 559 g/mol. The van der Waals surface area contributed by atoms with Crippen LogP contribution in [0, 0.1) is 17.0 Å². The third kappa shape index (κ3) is 3.63. The van der Waals surface area contributed by atoms with Gasteiger partial charge in [-0.3, -0.25) is 4.79 Å². The van der Waals surface area contributed by atoms with E-state index in [1.807, 2.05) is 0 Å². The molecule has 0 bridgehead atoms. The second-order valence-electron chi connectivity index (χ2n) is 11.3. The minimum absolute atomic E-state index is 0.0956. The normalized spacial score (nSPS) is 16.8. The van der Waals surface area contributed by atoms with Crippen molar-refractivity contribution in [2.24, 2.45) is 12.5 Å². The van der Waals surface area contributed by atoms with Crippen molar-refractivity contribution in [2.75, 3.05) is 50.5 Å². The van der Waals surface area contributed by atoms with Crippen LogP contribution in [0.15, 0.2) is 35.5 Å². The number of aromatic amines is 1. The Bertz CT molecular complexity index is 1990. The Morgan fingerprint density at radius 3 is 2.61 bits per heavy atom. The van der Waals surface area contributed by atoms with Crippen LogP contribution in [0.2, 0.25) is 0 Å². The zero-order valence-corrected chi connectivity index (χ0v) is 22.7. The van der Waals surface area contributed by atoms with E-state index in [1.165, 1.54) is 10.8 Å². The van der Waals surface area contributed by atoms with Crippen LogP contribution in [0.1, 0.15) is 16.8 Å². The van der Waals surface area contributed by atoms with Crippen LogP contribution in [0.5, 0.6) is 0 Å². The van der Waals surface area contributed by atoms with Gasteiger partial charge in [0.1, 0.15) is 16.9 Å². The number of nitrogens with zero attached hydrogens (tertiary/aromatic N) is 5. The Balaban J connectivity index is 1.54. The molecule has 1 spiro atoms. The van der Waals surface area contributed by atoms with Crippen molar-refractivity contribution in [1.82, 2.24) is 24.4 Å². The van der Waals surface area contributed by atoms with Crippen LogP contribution in [0.4, 0.5) is 20.2 Å². The summed E-state index contributed by atoms with van der Waals surface area (Å²) in [6, 6.07) is 2.73. The molecule has 1 aromatic carbocycles. The van der Waals surface area contributed by atoms with Gasteiger partial charge in [0, 0.05) is 81.5 Å². The molecule has 210 valence electrons. The van der Waals surface area contributed by atoms with E-state index in [-0.39, 0.29) is 21.8 Å². The first-order valence-electron chi connectivity index (χ1n) is 13.3. The van der Waals surface area contributed by atoms with Crippen molar-refractivity contribution in [3.63, 3.8) is 0 Å². The lowest BCUT2D eigenvalue weighted by atomic mass is 9.79. The van der Waals surface area contributed by atoms with E-state index in [0.29, 0.717) is 51.2 Å². The molecule has 3 N–H and O–H groups in total. The molecule has 0 atom stereocenters. The largest absolute Gasteiger partial charge is 0.477 e. The maximum atomic E-state index is 15.6. The van der Waals surface area contributed by atoms with E-state index in [0.717, 1.165) is 32.1 Å². The van der Waals surface area contributed by atoms with Gasteiger partial charge >= 0.3 is 5.97 Å². The molecule has 0 radical (unpaired) electrons. The average molecular weight is 560 g/mol. The van der Waals surface area contributed by atoms with Crippen LogP contribution in [0.25, 0.3) is 44.1 Å². The first-order chi connectivity index (χ1) is 19.6. The Morgan fingerprint density at radius 2 is 1.90 bits per heavy atom. The van der Waals surface area contributed by atoms with Crippen molar-refractivity contribution < 1.29 is 18.7 Å². The predicted molar refractivity (Wildman–Crippen MR) is 153 cm³/mol. The first kappa shape index (κ1) is 25.4. The van der Waals surface area contributed by atoms with E-state index in [4.69, 9.17) is 0 Å². The lowest BCUT2D eigenvalue weighted by Gasteiger charge is -2.46. The number of fused-ring (bicyclic) bond motifs is 4. The zero-order valence-electron chi connectivity index (χ0n) is 22.7. The van der Waals surface area contributed by atoms with Gasteiger partial charge in [0.25, 0.3) is 0 Å². The number of pyridine rings is 3. The molecule has 6 heterocycles. The highest BCUT2D eigenvalue weighted by Gasteiger charge is 2.47. The van der Waals surface area contributed by atoms with Crippen LogP contribution in [-0.2, 0) is 7.05 Å². The van der Waals surface area contributed by atoms with Gasteiger partial charge in [-0.05, 0) is 19.5 Å². The van der Waals surface area contributed by atoms with Gasteiger partial charge < -0.3 is 29.8 Å². The van der Waals surface area contributed by atoms with E-state index < -0.39 is 23.0 Å². The predicted octanol–water partition coefficient (Wildman–Crippen LogP) is 3.79. The number of likely N-dealkylation sites (tertiary alicyclic amines) is 1. The molecule has 2 aliphatic rings. The Hall–Kier alpha value is -4.58. The van der Waals surface area contributed by atoms with Crippen molar-refractivity contribution >= 4 is 50.3 Å². The molecule has 2 aliphatic heterocycles. The third-order valence-corrected chi connectivity index (χ3v) is 8.55. The highest BCUT2D eigenvalue weighted by atomic mass is 19.2. The molecule has 0 unspecified atom stereocenters. The number of aromatic nitrogens is 4. The molecule has 0 aliphatic carbocycles. The van der Waals surface area contributed by atoms with E-state index in [9.17, 15) is 19.1 Å². The minimum atomic E-state index is -1.33. The number of carboxylic acid groups (broad SMARTS) is 1. The number of aryl methyl sites for hydroxylation is 1. The summed E-state index contributed by atoms with van der Waals surface area (Å²) in [6.07, 6.45) is 5.44. The fraction of sp³-hybridized carbons (Fsp3) is 0.310. The number of benzene rings is 1. The summed E-state index contributed by atoms with van der Waals surface area (Å²) in [6.45, 7) is 3.31. The van der Waals surface area contributed by atoms with Crippen LogP contribution in [0.3, 0.4) is 0 Å². The van der Waals surface area contributed by atoms with Crippen molar-refractivity contribution in [3.05, 3.63) is 58.1 Å². The highest BCUT2D eigenvalue weighted by molar-refractivity contribution is 6.18. The maximum Gasteiger partial charge on any atom is 0.341 e. The SMILES string of the molecule is CNc1cc(F)c(F)c2c1[nH]c1ncc(-c3cnc4c(c3)c(=O)c(C(=O)O)cn4C)c(N3CCC4(CN(C)C4)C3)c12.